The molecule has 0 heterocycles. The molecule has 100 valence electrons. The average molecular weight is 246 g/mol. The number of allylic oxidation sites excluding steroid dienone is 5. The molecule has 0 spiro atoms. The van der Waals surface area contributed by atoms with Gasteiger partial charge in [0.2, 0.25) is 0 Å². The van der Waals surface area contributed by atoms with E-state index in [0.29, 0.717) is 0 Å². The zero-order chi connectivity index (χ0) is 13.8. The topological polar surface area (TPSA) is 17.1 Å². The fraction of sp³-hybridized carbons (Fsp3) is 0.588. The molecule has 0 amide bonds. The van der Waals surface area contributed by atoms with Crippen molar-refractivity contribution in [1.29, 1.82) is 0 Å². The molecular weight excluding hydrogens is 220 g/mol. The van der Waals surface area contributed by atoms with Gasteiger partial charge in [-0.25, -0.2) is 0 Å². The number of carbonyl (C=O) groups excluding carboxylic acids is 1. The molecule has 0 saturated carbocycles. The van der Waals surface area contributed by atoms with Crippen molar-refractivity contribution in [1.82, 2.24) is 0 Å². The van der Waals surface area contributed by atoms with Crippen LogP contribution in [0.15, 0.2) is 36.0 Å². The summed E-state index contributed by atoms with van der Waals surface area (Å²) in [5.74, 6) is 0.277. The van der Waals surface area contributed by atoms with E-state index in [1.54, 1.807) is 6.92 Å². The van der Waals surface area contributed by atoms with Gasteiger partial charge in [-0.15, -0.1) is 0 Å². The van der Waals surface area contributed by atoms with Gasteiger partial charge in [-0.05, 0) is 44.9 Å². The lowest BCUT2D eigenvalue weighted by Crippen LogP contribution is -2.13. The molecule has 1 nitrogen and oxygen atoms in total. The molecule has 18 heavy (non-hydrogen) atoms. The molecule has 0 aromatic heterocycles. The lowest BCUT2D eigenvalue weighted by atomic mass is 9.87. The summed E-state index contributed by atoms with van der Waals surface area (Å²) in [6.45, 7) is 12.4. The Balaban J connectivity index is 2.92. The van der Waals surface area contributed by atoms with Crippen LogP contribution in [0.1, 0.15) is 53.4 Å². The monoisotopic (exact) mass is 246 g/mol. The van der Waals surface area contributed by atoms with Crippen molar-refractivity contribution in [2.75, 3.05) is 0 Å². The van der Waals surface area contributed by atoms with Crippen molar-refractivity contribution >= 4 is 5.78 Å². The lowest BCUT2D eigenvalue weighted by molar-refractivity contribution is -0.119. The zero-order valence-electron chi connectivity index (χ0n) is 12.3. The highest BCUT2D eigenvalue weighted by atomic mass is 16.1. The quantitative estimate of drug-likeness (QED) is 0.604. The minimum Gasteiger partial charge on any atom is -0.299 e. The fourth-order valence-electron chi connectivity index (χ4n) is 2.35. The summed E-state index contributed by atoms with van der Waals surface area (Å²) < 4.78 is 0. The minimum absolute atomic E-state index is 0.0270. The molecule has 1 rings (SSSR count). The van der Waals surface area contributed by atoms with Gasteiger partial charge >= 0.3 is 0 Å². The number of hydrogen-bond acceptors (Lipinski definition) is 1. The van der Waals surface area contributed by atoms with Crippen LogP contribution in [0.2, 0.25) is 0 Å². The molecule has 0 N–H and O–H groups in total. The van der Waals surface area contributed by atoms with Crippen LogP contribution in [0.4, 0.5) is 0 Å². The first kappa shape index (κ1) is 14.9. The van der Waals surface area contributed by atoms with Gasteiger partial charge in [-0.1, -0.05) is 49.8 Å². The normalized spacial score (nSPS) is 25.2. The van der Waals surface area contributed by atoms with Crippen molar-refractivity contribution in [3.8, 4) is 0 Å². The third kappa shape index (κ3) is 4.64. The van der Waals surface area contributed by atoms with Crippen LogP contribution in [0, 0.1) is 11.3 Å². The van der Waals surface area contributed by atoms with Crippen LogP contribution in [0.3, 0.4) is 0 Å². The van der Waals surface area contributed by atoms with Gasteiger partial charge in [0.25, 0.3) is 0 Å². The Morgan fingerprint density at radius 2 is 2.11 bits per heavy atom. The highest BCUT2D eigenvalue weighted by molar-refractivity contribution is 5.81. The smallest absolute Gasteiger partial charge is 0.136 e. The van der Waals surface area contributed by atoms with Crippen LogP contribution >= 0.6 is 0 Å². The Kier molecular flexibility index (Phi) is 5.13. The molecule has 1 atom stereocenters. The molecule has 1 aliphatic carbocycles. The number of hydrogen-bond donors (Lipinski definition) is 0. The van der Waals surface area contributed by atoms with Crippen molar-refractivity contribution in [3.63, 3.8) is 0 Å². The fourth-order valence-corrected chi connectivity index (χ4v) is 2.35. The summed E-state index contributed by atoms with van der Waals surface area (Å²) in [4.78, 5) is 11.7. The summed E-state index contributed by atoms with van der Waals surface area (Å²) in [6, 6.07) is 0. The zero-order valence-corrected chi connectivity index (χ0v) is 12.3. The second kappa shape index (κ2) is 6.17. The number of rotatable bonds is 1. The van der Waals surface area contributed by atoms with Gasteiger partial charge in [0.15, 0.2) is 0 Å². The van der Waals surface area contributed by atoms with E-state index in [0.717, 1.165) is 31.3 Å². The molecule has 0 aromatic carbocycles. The lowest BCUT2D eigenvalue weighted by Gasteiger charge is -2.18. The number of carbonyl (C=O) groups is 1. The van der Waals surface area contributed by atoms with Crippen LogP contribution in [0.25, 0.3) is 0 Å². The van der Waals surface area contributed by atoms with Crippen molar-refractivity contribution < 1.29 is 4.79 Å². The van der Waals surface area contributed by atoms with E-state index in [2.05, 4.69) is 45.6 Å². The highest BCUT2D eigenvalue weighted by Crippen LogP contribution is 2.29. The van der Waals surface area contributed by atoms with E-state index in [-0.39, 0.29) is 17.1 Å². The number of Topliss-reactive ketones (excluding diaryl/α,β-unsaturated/α-hetero) is 1. The molecule has 1 aliphatic rings. The van der Waals surface area contributed by atoms with Crippen molar-refractivity contribution in [2.24, 2.45) is 11.3 Å². The molecule has 1 unspecified atom stereocenters. The highest BCUT2D eigenvalue weighted by Gasteiger charge is 2.19. The van der Waals surface area contributed by atoms with Gasteiger partial charge in [0.1, 0.15) is 5.78 Å². The Morgan fingerprint density at radius 3 is 2.72 bits per heavy atom. The molecule has 0 aliphatic heterocycles. The first-order valence-electron chi connectivity index (χ1n) is 6.83. The predicted octanol–water partition coefficient (Wildman–Crippen LogP) is 4.85. The molecular formula is C17H26O. The second-order valence-electron chi connectivity index (χ2n) is 6.21. The SMILES string of the molecule is C=C1CC=CC(C)(C)CC=C(C)CCC1C(C)=O. The summed E-state index contributed by atoms with van der Waals surface area (Å²) in [5.41, 5.74) is 2.64. The van der Waals surface area contributed by atoms with Gasteiger partial charge < -0.3 is 0 Å². The molecule has 0 aromatic rings. The largest absolute Gasteiger partial charge is 0.299 e. The van der Waals surface area contributed by atoms with Crippen molar-refractivity contribution in [2.45, 2.75) is 53.4 Å². The third-order valence-corrected chi connectivity index (χ3v) is 3.74. The second-order valence-corrected chi connectivity index (χ2v) is 6.21. The molecule has 0 radical (unpaired) electrons. The van der Waals surface area contributed by atoms with Gasteiger partial charge in [0, 0.05) is 5.92 Å². The van der Waals surface area contributed by atoms with Crippen LogP contribution in [0.5, 0.6) is 0 Å². The summed E-state index contributed by atoms with van der Waals surface area (Å²) in [7, 11) is 0. The maximum Gasteiger partial charge on any atom is 0.136 e. The molecule has 0 saturated heterocycles. The van der Waals surface area contributed by atoms with E-state index >= 15 is 0 Å². The van der Waals surface area contributed by atoms with E-state index in [1.807, 2.05) is 0 Å². The molecule has 0 bridgehead atoms. The molecule has 0 fully saturated rings. The summed E-state index contributed by atoms with van der Waals surface area (Å²) in [6.07, 6.45) is 10.5. The van der Waals surface area contributed by atoms with E-state index in [1.165, 1.54) is 5.57 Å². The minimum atomic E-state index is 0.0270. The van der Waals surface area contributed by atoms with Crippen LogP contribution < -0.4 is 0 Å². The van der Waals surface area contributed by atoms with E-state index < -0.39 is 0 Å². The van der Waals surface area contributed by atoms with E-state index in [4.69, 9.17) is 0 Å². The average Bonchev–Trinajstić information content (AvgIpc) is 2.27. The van der Waals surface area contributed by atoms with Gasteiger partial charge in [-0.3, -0.25) is 4.79 Å². The molecule has 1 heteroatoms. The van der Waals surface area contributed by atoms with E-state index in [9.17, 15) is 4.79 Å². The van der Waals surface area contributed by atoms with Crippen LogP contribution in [-0.4, -0.2) is 5.78 Å². The van der Waals surface area contributed by atoms with Gasteiger partial charge in [0.05, 0.1) is 0 Å². The standard InChI is InChI=1S/C17H26O/c1-13-8-9-16(15(3)18)14(2)7-6-11-17(4,5)12-10-13/h6,10-11,16H,2,7-9,12H2,1,3-5H3. The predicted molar refractivity (Wildman–Crippen MR) is 78.5 cm³/mol. The maximum absolute atomic E-state index is 11.7. The first-order chi connectivity index (χ1) is 8.32. The Bertz CT molecular complexity index is 382. The maximum atomic E-state index is 11.7. The van der Waals surface area contributed by atoms with Crippen LogP contribution in [-0.2, 0) is 4.79 Å². The summed E-state index contributed by atoms with van der Waals surface area (Å²) >= 11 is 0. The summed E-state index contributed by atoms with van der Waals surface area (Å²) in [5, 5.41) is 0. The number of ketones is 1. The first-order valence-corrected chi connectivity index (χ1v) is 6.83. The third-order valence-electron chi connectivity index (χ3n) is 3.74. The van der Waals surface area contributed by atoms with Crippen molar-refractivity contribution in [3.05, 3.63) is 36.0 Å². The van der Waals surface area contributed by atoms with Gasteiger partial charge in [-0.2, -0.15) is 0 Å². The Labute approximate surface area is 112 Å². The Morgan fingerprint density at radius 1 is 1.44 bits per heavy atom. The Hall–Kier alpha value is -1.11.